The fourth-order valence-corrected chi connectivity index (χ4v) is 2.86. The van der Waals surface area contributed by atoms with Gasteiger partial charge in [-0.25, -0.2) is 4.39 Å². The first-order valence-electron chi connectivity index (χ1n) is 7.62. The molecule has 0 unspecified atom stereocenters. The Labute approximate surface area is 125 Å². The molecule has 1 fully saturated rings. The lowest BCUT2D eigenvalue weighted by atomic mass is 9.95. The molecule has 0 spiro atoms. The van der Waals surface area contributed by atoms with Gasteiger partial charge in [0.2, 0.25) is 5.91 Å². The average Bonchev–Trinajstić information content (AvgIpc) is 2.53. The van der Waals surface area contributed by atoms with Crippen LogP contribution in [-0.2, 0) is 11.3 Å². The van der Waals surface area contributed by atoms with E-state index >= 15 is 0 Å². The lowest BCUT2D eigenvalue weighted by Crippen LogP contribution is -2.40. The van der Waals surface area contributed by atoms with Gasteiger partial charge in [0.1, 0.15) is 5.82 Å². The maximum atomic E-state index is 14.1. The normalized spacial score (nSPS) is 16.0. The van der Waals surface area contributed by atoms with Crippen molar-refractivity contribution in [1.29, 1.82) is 0 Å². The van der Waals surface area contributed by atoms with Crippen LogP contribution in [0.15, 0.2) is 18.2 Å². The molecule has 21 heavy (non-hydrogen) atoms. The SMILES string of the molecule is CCNCc1c(F)cccc1N1CCC(C(=O)NC)CC1. The van der Waals surface area contributed by atoms with Crippen LogP contribution in [0.3, 0.4) is 0 Å². The van der Waals surface area contributed by atoms with E-state index in [0.717, 1.165) is 43.7 Å². The van der Waals surface area contributed by atoms with E-state index in [1.165, 1.54) is 6.07 Å². The number of rotatable bonds is 5. The van der Waals surface area contributed by atoms with E-state index in [4.69, 9.17) is 0 Å². The number of amides is 1. The standard InChI is InChI=1S/C16H24FN3O/c1-3-19-11-13-14(17)5-4-6-15(13)20-9-7-12(8-10-20)16(21)18-2/h4-6,12,19H,3,7-11H2,1-2H3,(H,18,21). The van der Waals surface area contributed by atoms with Gasteiger partial charge in [0.25, 0.3) is 0 Å². The molecule has 2 N–H and O–H groups in total. The van der Waals surface area contributed by atoms with Crippen molar-refractivity contribution in [2.45, 2.75) is 26.3 Å². The largest absolute Gasteiger partial charge is 0.371 e. The van der Waals surface area contributed by atoms with E-state index in [1.54, 1.807) is 13.1 Å². The van der Waals surface area contributed by atoms with Crippen LogP contribution >= 0.6 is 0 Å². The molecule has 1 heterocycles. The maximum absolute atomic E-state index is 14.1. The third kappa shape index (κ3) is 3.73. The van der Waals surface area contributed by atoms with Gasteiger partial charge < -0.3 is 15.5 Å². The monoisotopic (exact) mass is 293 g/mol. The molecule has 0 aliphatic carbocycles. The Bertz CT molecular complexity index is 484. The molecule has 0 bridgehead atoms. The van der Waals surface area contributed by atoms with Crippen LogP contribution in [0.4, 0.5) is 10.1 Å². The predicted octanol–water partition coefficient (Wildman–Crippen LogP) is 1.90. The third-order valence-electron chi connectivity index (χ3n) is 4.10. The molecule has 0 radical (unpaired) electrons. The minimum atomic E-state index is -0.165. The fourth-order valence-electron chi connectivity index (χ4n) is 2.86. The van der Waals surface area contributed by atoms with Crippen LogP contribution in [0, 0.1) is 11.7 Å². The first-order valence-corrected chi connectivity index (χ1v) is 7.62. The second-order valence-electron chi connectivity index (χ2n) is 5.39. The van der Waals surface area contributed by atoms with E-state index in [0.29, 0.717) is 6.54 Å². The Hall–Kier alpha value is -1.62. The van der Waals surface area contributed by atoms with Crippen LogP contribution in [0.1, 0.15) is 25.3 Å². The van der Waals surface area contributed by atoms with Crippen molar-refractivity contribution in [1.82, 2.24) is 10.6 Å². The molecule has 4 nitrogen and oxygen atoms in total. The summed E-state index contributed by atoms with van der Waals surface area (Å²) in [5, 5.41) is 5.90. The molecule has 1 amide bonds. The molecule has 1 aliphatic rings. The summed E-state index contributed by atoms with van der Waals surface area (Å²) in [6, 6.07) is 5.23. The number of carbonyl (C=O) groups excluding carboxylic acids is 1. The van der Waals surface area contributed by atoms with Gasteiger partial charge in [0, 0.05) is 43.9 Å². The zero-order valence-corrected chi connectivity index (χ0v) is 12.8. The number of nitrogens with zero attached hydrogens (tertiary/aromatic N) is 1. The van der Waals surface area contributed by atoms with Crippen LogP contribution in [-0.4, -0.2) is 32.6 Å². The predicted molar refractivity (Wildman–Crippen MR) is 82.8 cm³/mol. The molecule has 1 aromatic rings. The minimum absolute atomic E-state index is 0.0806. The van der Waals surface area contributed by atoms with Crippen molar-refractivity contribution < 1.29 is 9.18 Å². The summed E-state index contributed by atoms with van der Waals surface area (Å²) in [6.45, 7) is 4.94. The molecule has 0 saturated carbocycles. The molecule has 2 rings (SSSR count). The van der Waals surface area contributed by atoms with E-state index < -0.39 is 0 Å². The molecule has 0 aromatic heterocycles. The summed E-state index contributed by atoms with van der Waals surface area (Å²) >= 11 is 0. The summed E-state index contributed by atoms with van der Waals surface area (Å²) in [7, 11) is 1.68. The number of hydrogen-bond acceptors (Lipinski definition) is 3. The van der Waals surface area contributed by atoms with Crippen molar-refractivity contribution >= 4 is 11.6 Å². The van der Waals surface area contributed by atoms with E-state index in [2.05, 4.69) is 15.5 Å². The minimum Gasteiger partial charge on any atom is -0.371 e. The zero-order chi connectivity index (χ0) is 15.2. The molecule has 1 aliphatic heterocycles. The number of benzene rings is 1. The summed E-state index contributed by atoms with van der Waals surface area (Å²) in [5.74, 6) is 0.0284. The summed E-state index contributed by atoms with van der Waals surface area (Å²) in [6.07, 6.45) is 1.63. The first kappa shape index (κ1) is 15.8. The van der Waals surface area contributed by atoms with E-state index in [9.17, 15) is 9.18 Å². The van der Waals surface area contributed by atoms with Crippen LogP contribution in [0.2, 0.25) is 0 Å². The highest BCUT2D eigenvalue weighted by atomic mass is 19.1. The Morgan fingerprint density at radius 2 is 2.10 bits per heavy atom. The third-order valence-corrected chi connectivity index (χ3v) is 4.10. The second-order valence-corrected chi connectivity index (χ2v) is 5.39. The highest BCUT2D eigenvalue weighted by Gasteiger charge is 2.25. The Morgan fingerprint density at radius 3 is 2.71 bits per heavy atom. The van der Waals surface area contributed by atoms with Gasteiger partial charge in [-0.2, -0.15) is 0 Å². The van der Waals surface area contributed by atoms with Gasteiger partial charge in [-0.3, -0.25) is 4.79 Å². The van der Waals surface area contributed by atoms with Gasteiger partial charge in [-0.15, -0.1) is 0 Å². The summed E-state index contributed by atoms with van der Waals surface area (Å²) in [4.78, 5) is 13.9. The van der Waals surface area contributed by atoms with Crippen molar-refractivity contribution in [3.63, 3.8) is 0 Å². The second kappa shape index (κ2) is 7.41. The van der Waals surface area contributed by atoms with Crippen molar-refractivity contribution in [3.05, 3.63) is 29.6 Å². The number of hydrogen-bond donors (Lipinski definition) is 2. The van der Waals surface area contributed by atoms with Crippen molar-refractivity contribution in [3.8, 4) is 0 Å². The van der Waals surface area contributed by atoms with Crippen molar-refractivity contribution in [2.75, 3.05) is 31.6 Å². The maximum Gasteiger partial charge on any atom is 0.222 e. The quantitative estimate of drug-likeness (QED) is 0.871. The van der Waals surface area contributed by atoms with Crippen LogP contribution in [0.25, 0.3) is 0 Å². The molecule has 0 atom stereocenters. The summed E-state index contributed by atoms with van der Waals surface area (Å²) < 4.78 is 14.1. The van der Waals surface area contributed by atoms with Crippen molar-refractivity contribution in [2.24, 2.45) is 5.92 Å². The average molecular weight is 293 g/mol. The zero-order valence-electron chi connectivity index (χ0n) is 12.8. The van der Waals surface area contributed by atoms with Gasteiger partial charge in [-0.1, -0.05) is 13.0 Å². The first-order chi connectivity index (χ1) is 10.2. The van der Waals surface area contributed by atoms with E-state index in [1.807, 2.05) is 13.0 Å². The van der Waals surface area contributed by atoms with Gasteiger partial charge in [0.05, 0.1) is 0 Å². The Morgan fingerprint density at radius 1 is 1.38 bits per heavy atom. The lowest BCUT2D eigenvalue weighted by Gasteiger charge is -2.34. The van der Waals surface area contributed by atoms with Crippen LogP contribution in [0.5, 0.6) is 0 Å². The molecule has 1 saturated heterocycles. The number of halogens is 1. The smallest absolute Gasteiger partial charge is 0.222 e. The number of anilines is 1. The number of carbonyl (C=O) groups is 1. The topological polar surface area (TPSA) is 44.4 Å². The Kier molecular flexibility index (Phi) is 5.56. The number of piperidine rings is 1. The molecule has 1 aromatic carbocycles. The highest BCUT2D eigenvalue weighted by Crippen LogP contribution is 2.28. The lowest BCUT2D eigenvalue weighted by molar-refractivity contribution is -0.125. The Balaban J connectivity index is 2.09. The van der Waals surface area contributed by atoms with Crippen LogP contribution < -0.4 is 15.5 Å². The fraction of sp³-hybridized carbons (Fsp3) is 0.562. The molecule has 116 valence electrons. The van der Waals surface area contributed by atoms with Gasteiger partial charge >= 0.3 is 0 Å². The molecular weight excluding hydrogens is 269 g/mol. The molecular formula is C16H24FN3O. The summed E-state index contributed by atoms with van der Waals surface area (Å²) in [5.41, 5.74) is 1.67. The molecule has 5 heteroatoms. The van der Waals surface area contributed by atoms with E-state index in [-0.39, 0.29) is 17.6 Å². The number of nitrogens with one attached hydrogen (secondary N) is 2. The van der Waals surface area contributed by atoms with Gasteiger partial charge in [0.15, 0.2) is 0 Å². The highest BCUT2D eigenvalue weighted by molar-refractivity contribution is 5.78. The van der Waals surface area contributed by atoms with Gasteiger partial charge in [-0.05, 0) is 31.5 Å².